The summed E-state index contributed by atoms with van der Waals surface area (Å²) in [7, 11) is 1.94. The summed E-state index contributed by atoms with van der Waals surface area (Å²) in [5.74, 6) is 0.00109. The summed E-state index contributed by atoms with van der Waals surface area (Å²) >= 11 is 1.73. The molecule has 1 amide bonds. The number of nitrogens with zero attached hydrogens (tertiary/aromatic N) is 1. The van der Waals surface area contributed by atoms with Crippen molar-refractivity contribution in [3.63, 3.8) is 0 Å². The maximum Gasteiger partial charge on any atom is 0.251 e. The number of benzene rings is 2. The van der Waals surface area contributed by atoms with E-state index in [2.05, 4.69) is 49.6 Å². The highest BCUT2D eigenvalue weighted by molar-refractivity contribution is 7.99. The molecular formula is C25H33N3OS. The van der Waals surface area contributed by atoms with Crippen LogP contribution in [0.4, 0.5) is 11.4 Å². The molecule has 5 heteroatoms. The Morgan fingerprint density at radius 3 is 2.40 bits per heavy atom. The zero-order chi connectivity index (χ0) is 21.5. The Balaban J connectivity index is 1.94. The molecule has 1 aliphatic rings. The Kier molecular flexibility index (Phi) is 7.97. The zero-order valence-electron chi connectivity index (χ0n) is 18.5. The number of carbonyl (C=O) groups excluding carboxylic acids is 1. The standard InChI is InChI=1S/C25H33N3OS/c1-5-8-18(9-6-2)27-25(29)17-11-13-24-22(15-17)28-21(10-7-3)20-16-19(26-4)12-14-23(20)30-24/h11-16,18,26H,5-10H2,1-4H3,(H,27,29). The quantitative estimate of drug-likeness (QED) is 0.466. The van der Waals surface area contributed by atoms with Crippen LogP contribution in [-0.4, -0.2) is 24.7 Å². The van der Waals surface area contributed by atoms with E-state index in [4.69, 9.17) is 4.99 Å². The van der Waals surface area contributed by atoms with E-state index in [1.807, 2.05) is 25.2 Å². The summed E-state index contributed by atoms with van der Waals surface area (Å²) in [4.78, 5) is 20.2. The second-order valence-corrected chi connectivity index (χ2v) is 8.89. The summed E-state index contributed by atoms with van der Waals surface area (Å²) in [6, 6.07) is 12.6. The minimum atomic E-state index is 0.00109. The second kappa shape index (κ2) is 10.7. The van der Waals surface area contributed by atoms with E-state index in [0.717, 1.165) is 60.5 Å². The van der Waals surface area contributed by atoms with Crippen molar-refractivity contribution in [1.29, 1.82) is 0 Å². The summed E-state index contributed by atoms with van der Waals surface area (Å²) < 4.78 is 0. The Labute approximate surface area is 185 Å². The van der Waals surface area contributed by atoms with Crippen LogP contribution >= 0.6 is 11.8 Å². The molecule has 4 nitrogen and oxygen atoms in total. The van der Waals surface area contributed by atoms with Crippen molar-refractivity contribution < 1.29 is 4.79 Å². The Morgan fingerprint density at radius 2 is 1.73 bits per heavy atom. The van der Waals surface area contributed by atoms with E-state index < -0.39 is 0 Å². The van der Waals surface area contributed by atoms with Crippen molar-refractivity contribution in [2.75, 3.05) is 12.4 Å². The first-order valence-electron chi connectivity index (χ1n) is 11.1. The van der Waals surface area contributed by atoms with Crippen LogP contribution in [0, 0.1) is 0 Å². The van der Waals surface area contributed by atoms with Crippen molar-refractivity contribution in [1.82, 2.24) is 5.32 Å². The molecule has 0 radical (unpaired) electrons. The van der Waals surface area contributed by atoms with E-state index in [0.29, 0.717) is 5.56 Å². The van der Waals surface area contributed by atoms with Gasteiger partial charge in [0.15, 0.2) is 0 Å². The van der Waals surface area contributed by atoms with Crippen LogP contribution in [0.15, 0.2) is 51.2 Å². The highest BCUT2D eigenvalue weighted by Gasteiger charge is 2.20. The molecule has 2 aromatic carbocycles. The molecule has 0 bridgehead atoms. The number of nitrogens with one attached hydrogen (secondary N) is 2. The minimum absolute atomic E-state index is 0.00109. The lowest BCUT2D eigenvalue weighted by Crippen LogP contribution is -2.34. The Morgan fingerprint density at radius 1 is 1.00 bits per heavy atom. The normalized spacial score (nSPS) is 12.6. The van der Waals surface area contributed by atoms with E-state index in [9.17, 15) is 4.79 Å². The van der Waals surface area contributed by atoms with Gasteiger partial charge < -0.3 is 10.6 Å². The van der Waals surface area contributed by atoms with Crippen LogP contribution in [0.25, 0.3) is 0 Å². The van der Waals surface area contributed by atoms with E-state index in [1.165, 1.54) is 10.5 Å². The minimum Gasteiger partial charge on any atom is -0.388 e. The molecule has 1 aliphatic heterocycles. The van der Waals surface area contributed by atoms with Gasteiger partial charge in [0, 0.05) is 45.4 Å². The van der Waals surface area contributed by atoms with Crippen molar-refractivity contribution in [3.8, 4) is 0 Å². The fourth-order valence-corrected chi connectivity index (χ4v) is 4.84. The SMILES string of the molecule is CCCC1=Nc2cc(C(=O)NC(CCC)CCC)ccc2Sc2ccc(NC)cc21. The van der Waals surface area contributed by atoms with Crippen molar-refractivity contribution in [2.24, 2.45) is 4.99 Å². The fraction of sp³-hybridized carbons (Fsp3) is 0.440. The van der Waals surface area contributed by atoms with Gasteiger partial charge >= 0.3 is 0 Å². The number of fused-ring (bicyclic) bond motifs is 2. The monoisotopic (exact) mass is 423 g/mol. The number of hydrogen-bond acceptors (Lipinski definition) is 4. The molecule has 0 unspecified atom stereocenters. The van der Waals surface area contributed by atoms with Crippen molar-refractivity contribution in [2.45, 2.75) is 75.1 Å². The summed E-state index contributed by atoms with van der Waals surface area (Å²) in [5, 5.41) is 6.45. The highest BCUT2D eigenvalue weighted by Crippen LogP contribution is 2.42. The van der Waals surface area contributed by atoms with Gasteiger partial charge in [-0.25, -0.2) is 0 Å². The number of amides is 1. The first-order chi connectivity index (χ1) is 14.6. The predicted octanol–water partition coefficient (Wildman–Crippen LogP) is 6.81. The first-order valence-corrected chi connectivity index (χ1v) is 11.9. The van der Waals surface area contributed by atoms with Crippen LogP contribution < -0.4 is 10.6 Å². The lowest BCUT2D eigenvalue weighted by molar-refractivity contribution is 0.0932. The number of hydrogen-bond donors (Lipinski definition) is 2. The van der Waals surface area contributed by atoms with Crippen LogP contribution in [0.1, 0.15) is 75.2 Å². The number of carbonyl (C=O) groups is 1. The molecule has 2 N–H and O–H groups in total. The van der Waals surface area contributed by atoms with Gasteiger partial charge in [-0.1, -0.05) is 51.8 Å². The van der Waals surface area contributed by atoms with Crippen molar-refractivity contribution >= 4 is 34.8 Å². The lowest BCUT2D eigenvalue weighted by Gasteiger charge is -2.17. The first kappa shape index (κ1) is 22.4. The largest absolute Gasteiger partial charge is 0.388 e. The molecule has 0 atom stereocenters. The molecule has 0 saturated carbocycles. The molecule has 0 aliphatic carbocycles. The smallest absolute Gasteiger partial charge is 0.251 e. The summed E-state index contributed by atoms with van der Waals surface area (Å²) in [6.45, 7) is 6.50. The van der Waals surface area contributed by atoms with E-state index in [-0.39, 0.29) is 11.9 Å². The van der Waals surface area contributed by atoms with E-state index in [1.54, 1.807) is 11.8 Å². The summed E-state index contributed by atoms with van der Waals surface area (Å²) in [6.07, 6.45) is 6.11. The highest BCUT2D eigenvalue weighted by atomic mass is 32.2. The molecule has 0 saturated heterocycles. The van der Waals surface area contributed by atoms with Gasteiger partial charge in [-0.05, 0) is 55.7 Å². The van der Waals surface area contributed by atoms with Gasteiger partial charge in [-0.2, -0.15) is 0 Å². The molecule has 0 spiro atoms. The second-order valence-electron chi connectivity index (χ2n) is 7.80. The average molecular weight is 424 g/mol. The van der Waals surface area contributed by atoms with Crippen LogP contribution in [0.5, 0.6) is 0 Å². The van der Waals surface area contributed by atoms with Crippen molar-refractivity contribution in [3.05, 3.63) is 47.5 Å². The molecule has 0 fully saturated rings. The van der Waals surface area contributed by atoms with Gasteiger partial charge in [0.25, 0.3) is 5.91 Å². The third-order valence-electron chi connectivity index (χ3n) is 5.37. The molecular weight excluding hydrogens is 390 g/mol. The van der Waals surface area contributed by atoms with Gasteiger partial charge in [-0.15, -0.1) is 0 Å². The lowest BCUT2D eigenvalue weighted by atomic mass is 10.0. The maximum absolute atomic E-state index is 12.9. The fourth-order valence-electron chi connectivity index (χ4n) is 3.84. The third-order valence-corrected chi connectivity index (χ3v) is 6.51. The average Bonchev–Trinajstić information content (AvgIpc) is 2.89. The molecule has 0 aromatic heterocycles. The van der Waals surface area contributed by atoms with Gasteiger partial charge in [0.2, 0.25) is 0 Å². The van der Waals surface area contributed by atoms with Crippen LogP contribution in [0.2, 0.25) is 0 Å². The van der Waals surface area contributed by atoms with Gasteiger partial charge in [0.05, 0.1) is 5.69 Å². The maximum atomic E-state index is 12.9. The zero-order valence-corrected chi connectivity index (χ0v) is 19.4. The predicted molar refractivity (Wildman–Crippen MR) is 129 cm³/mol. The molecule has 160 valence electrons. The molecule has 2 aromatic rings. The number of aliphatic imine (C=N–C) groups is 1. The van der Waals surface area contributed by atoms with Gasteiger partial charge in [0.1, 0.15) is 0 Å². The van der Waals surface area contributed by atoms with Crippen LogP contribution in [-0.2, 0) is 0 Å². The van der Waals surface area contributed by atoms with E-state index >= 15 is 0 Å². The Bertz CT molecular complexity index is 917. The summed E-state index contributed by atoms with van der Waals surface area (Å²) in [5.41, 5.74) is 4.93. The number of rotatable bonds is 9. The number of anilines is 1. The molecule has 1 heterocycles. The topological polar surface area (TPSA) is 53.5 Å². The molecule has 3 rings (SSSR count). The van der Waals surface area contributed by atoms with Crippen LogP contribution in [0.3, 0.4) is 0 Å². The Hall–Kier alpha value is -2.27. The molecule has 30 heavy (non-hydrogen) atoms. The van der Waals surface area contributed by atoms with Gasteiger partial charge in [-0.3, -0.25) is 9.79 Å². The third kappa shape index (κ3) is 5.25.